The number of ketones is 1. The predicted octanol–water partition coefficient (Wildman–Crippen LogP) is 5.90. The van der Waals surface area contributed by atoms with E-state index in [0.717, 1.165) is 54.1 Å². The molecule has 0 bridgehead atoms. The Morgan fingerprint density at radius 3 is 2.53 bits per heavy atom. The summed E-state index contributed by atoms with van der Waals surface area (Å²) in [4.78, 5) is 29.3. The molecule has 1 saturated heterocycles. The largest absolute Gasteiger partial charge is 0.376 e. The first-order valence-corrected chi connectivity index (χ1v) is 13.9. The van der Waals surface area contributed by atoms with Gasteiger partial charge in [-0.1, -0.05) is 71.0 Å². The highest BCUT2D eigenvalue weighted by atomic mass is 16.5. The molecule has 2 aromatic rings. The molecule has 0 saturated carbocycles. The number of carbonyl (C=O) groups excluding carboxylic acids is 2. The number of anilines is 2. The van der Waals surface area contributed by atoms with Gasteiger partial charge in [0.15, 0.2) is 5.78 Å². The van der Waals surface area contributed by atoms with E-state index in [0.29, 0.717) is 13.0 Å². The zero-order valence-electron chi connectivity index (χ0n) is 23.4. The van der Waals surface area contributed by atoms with Crippen LogP contribution in [-0.2, 0) is 19.7 Å². The Morgan fingerprint density at radius 1 is 1.11 bits per heavy atom. The number of rotatable bonds is 5. The van der Waals surface area contributed by atoms with Crippen molar-refractivity contribution in [3.63, 3.8) is 0 Å². The molecule has 5 rings (SSSR count). The monoisotopic (exact) mass is 515 g/mol. The maximum absolute atomic E-state index is 13.8. The molecule has 1 amide bonds. The van der Waals surface area contributed by atoms with Crippen molar-refractivity contribution in [1.82, 2.24) is 5.32 Å². The van der Waals surface area contributed by atoms with Gasteiger partial charge in [-0.3, -0.25) is 9.59 Å². The van der Waals surface area contributed by atoms with Crippen molar-refractivity contribution in [2.75, 3.05) is 29.9 Å². The predicted molar refractivity (Wildman–Crippen MR) is 152 cm³/mol. The Hall–Kier alpha value is -3.12. The van der Waals surface area contributed by atoms with E-state index >= 15 is 0 Å². The number of allylic oxidation sites excluding steroid dienone is 1. The molecular weight excluding hydrogens is 474 g/mol. The molecule has 2 heterocycles. The van der Waals surface area contributed by atoms with E-state index in [9.17, 15) is 9.59 Å². The third kappa shape index (κ3) is 5.51. The van der Waals surface area contributed by atoms with Gasteiger partial charge in [0.25, 0.3) is 0 Å². The lowest BCUT2D eigenvalue weighted by Crippen LogP contribution is -2.43. The van der Waals surface area contributed by atoms with Gasteiger partial charge in [-0.05, 0) is 53.4 Å². The van der Waals surface area contributed by atoms with Crippen LogP contribution in [0.3, 0.4) is 0 Å². The average molecular weight is 516 g/mol. The van der Waals surface area contributed by atoms with E-state index in [1.54, 1.807) is 0 Å². The number of Topliss-reactive ketones (excluding diaryl/α,β-unsaturated/α-hetero) is 1. The molecule has 2 atom stereocenters. The molecule has 38 heavy (non-hydrogen) atoms. The lowest BCUT2D eigenvalue weighted by Gasteiger charge is -2.38. The summed E-state index contributed by atoms with van der Waals surface area (Å²) in [5.41, 5.74) is 5.72. The van der Waals surface area contributed by atoms with E-state index in [1.165, 1.54) is 5.56 Å². The Balaban J connectivity index is 1.58. The van der Waals surface area contributed by atoms with Crippen LogP contribution < -0.4 is 15.5 Å². The standard InChI is InChI=1S/C32H41N3O3/c1-31(2,3)22-14-12-21(13-15-22)30-29-25(17-32(4,5)18-27(29)36)34-24-10-6-7-11-26(24)35(30)20-28(37)33-19-23-9-8-16-38-23/h6-7,10-15,23,30,34H,8-9,16-20H2,1-5H3,(H,33,37). The molecule has 1 fully saturated rings. The van der Waals surface area contributed by atoms with Gasteiger partial charge in [0, 0.05) is 30.8 Å². The second kappa shape index (κ2) is 10.2. The zero-order chi connectivity index (χ0) is 27.1. The van der Waals surface area contributed by atoms with Crippen molar-refractivity contribution in [1.29, 1.82) is 0 Å². The van der Waals surface area contributed by atoms with Gasteiger partial charge < -0.3 is 20.3 Å². The number of ether oxygens (including phenoxy) is 1. The Morgan fingerprint density at radius 2 is 1.84 bits per heavy atom. The summed E-state index contributed by atoms with van der Waals surface area (Å²) in [6.45, 7) is 12.3. The van der Waals surface area contributed by atoms with Crippen LogP contribution >= 0.6 is 0 Å². The molecule has 0 radical (unpaired) electrons. The molecule has 2 N–H and O–H groups in total. The smallest absolute Gasteiger partial charge is 0.239 e. The quantitative estimate of drug-likeness (QED) is 0.519. The topological polar surface area (TPSA) is 70.7 Å². The number of para-hydroxylation sites is 2. The van der Waals surface area contributed by atoms with E-state index in [-0.39, 0.29) is 41.2 Å². The molecule has 202 valence electrons. The fourth-order valence-electron chi connectivity index (χ4n) is 5.98. The average Bonchev–Trinajstić information content (AvgIpc) is 3.33. The van der Waals surface area contributed by atoms with Crippen LogP contribution in [0.25, 0.3) is 0 Å². The van der Waals surface area contributed by atoms with Crippen molar-refractivity contribution < 1.29 is 14.3 Å². The van der Waals surface area contributed by atoms with Gasteiger partial charge >= 0.3 is 0 Å². The molecule has 6 heteroatoms. The molecule has 1 aliphatic carbocycles. The maximum Gasteiger partial charge on any atom is 0.239 e. The van der Waals surface area contributed by atoms with Crippen molar-refractivity contribution in [3.05, 3.63) is 70.9 Å². The lowest BCUT2D eigenvalue weighted by atomic mass is 9.73. The molecule has 2 aliphatic heterocycles. The number of fused-ring (bicyclic) bond motifs is 1. The van der Waals surface area contributed by atoms with Gasteiger partial charge in [0.05, 0.1) is 30.1 Å². The normalized spacial score (nSPS) is 22.9. The second-order valence-corrected chi connectivity index (χ2v) is 12.8. The number of amides is 1. The van der Waals surface area contributed by atoms with Gasteiger partial charge in [-0.2, -0.15) is 0 Å². The minimum atomic E-state index is -0.368. The summed E-state index contributed by atoms with van der Waals surface area (Å²) in [5, 5.41) is 6.72. The van der Waals surface area contributed by atoms with Crippen LogP contribution in [0.4, 0.5) is 11.4 Å². The number of nitrogens with zero attached hydrogens (tertiary/aromatic N) is 1. The first kappa shape index (κ1) is 26.5. The van der Waals surface area contributed by atoms with Crippen LogP contribution in [0.1, 0.15) is 77.5 Å². The van der Waals surface area contributed by atoms with Gasteiger partial charge in [-0.15, -0.1) is 0 Å². The van der Waals surface area contributed by atoms with Crippen molar-refractivity contribution in [2.24, 2.45) is 5.41 Å². The van der Waals surface area contributed by atoms with Crippen LogP contribution in [-0.4, -0.2) is 37.5 Å². The highest BCUT2D eigenvalue weighted by molar-refractivity contribution is 6.01. The third-order valence-corrected chi connectivity index (χ3v) is 7.96. The fourth-order valence-corrected chi connectivity index (χ4v) is 5.98. The fraction of sp³-hybridized carbons (Fsp3) is 0.500. The number of hydrogen-bond donors (Lipinski definition) is 2. The number of nitrogens with one attached hydrogen (secondary N) is 2. The summed E-state index contributed by atoms with van der Waals surface area (Å²) in [6, 6.07) is 16.3. The molecule has 3 aliphatic rings. The Kier molecular flexibility index (Phi) is 7.12. The SMILES string of the molecule is CC1(C)CC(=O)C2=C(C1)Nc1ccccc1N(CC(=O)NCC1CCCO1)C2c1ccc(C(C)(C)C)cc1. The zero-order valence-corrected chi connectivity index (χ0v) is 23.4. The molecule has 6 nitrogen and oxygen atoms in total. The van der Waals surface area contributed by atoms with Crippen LogP contribution in [0.15, 0.2) is 59.8 Å². The Labute approximate surface area is 226 Å². The molecule has 2 unspecified atom stereocenters. The van der Waals surface area contributed by atoms with Gasteiger partial charge in [-0.25, -0.2) is 0 Å². The molecule has 2 aromatic carbocycles. The highest BCUT2D eigenvalue weighted by Crippen LogP contribution is 2.48. The van der Waals surface area contributed by atoms with Gasteiger partial charge in [0.1, 0.15) is 0 Å². The van der Waals surface area contributed by atoms with E-state index < -0.39 is 0 Å². The molecule has 0 spiro atoms. The van der Waals surface area contributed by atoms with E-state index in [1.807, 2.05) is 24.3 Å². The minimum Gasteiger partial charge on any atom is -0.376 e. The van der Waals surface area contributed by atoms with Crippen molar-refractivity contribution >= 4 is 23.1 Å². The molecular formula is C32H41N3O3. The van der Waals surface area contributed by atoms with E-state index in [2.05, 4.69) is 74.4 Å². The van der Waals surface area contributed by atoms with Crippen LogP contribution in [0.2, 0.25) is 0 Å². The first-order valence-electron chi connectivity index (χ1n) is 13.9. The number of benzene rings is 2. The first-order chi connectivity index (χ1) is 18.0. The third-order valence-electron chi connectivity index (χ3n) is 7.96. The summed E-state index contributed by atoms with van der Waals surface area (Å²) in [5.74, 6) is 0.0745. The minimum absolute atomic E-state index is 0.0210. The Bertz CT molecular complexity index is 1230. The molecule has 0 aromatic heterocycles. The summed E-state index contributed by atoms with van der Waals surface area (Å²) >= 11 is 0. The van der Waals surface area contributed by atoms with Crippen molar-refractivity contribution in [3.8, 4) is 0 Å². The second-order valence-electron chi connectivity index (χ2n) is 12.8. The lowest BCUT2D eigenvalue weighted by molar-refractivity contribution is -0.121. The maximum atomic E-state index is 13.8. The highest BCUT2D eigenvalue weighted by Gasteiger charge is 2.42. The van der Waals surface area contributed by atoms with Gasteiger partial charge in [0.2, 0.25) is 5.91 Å². The van der Waals surface area contributed by atoms with Crippen molar-refractivity contribution in [2.45, 2.75) is 77.9 Å². The summed E-state index contributed by atoms with van der Waals surface area (Å²) in [7, 11) is 0. The van der Waals surface area contributed by atoms with Crippen LogP contribution in [0.5, 0.6) is 0 Å². The summed E-state index contributed by atoms with van der Waals surface area (Å²) < 4.78 is 5.71. The van der Waals surface area contributed by atoms with Crippen LogP contribution in [0, 0.1) is 5.41 Å². The number of carbonyl (C=O) groups is 2. The van der Waals surface area contributed by atoms with E-state index in [4.69, 9.17) is 4.74 Å². The summed E-state index contributed by atoms with van der Waals surface area (Å²) in [6.07, 6.45) is 3.35. The number of hydrogen-bond acceptors (Lipinski definition) is 5.